The topological polar surface area (TPSA) is 50.7 Å². The Labute approximate surface area is 143 Å². The Balaban J connectivity index is 1.53. The molecule has 4 nitrogen and oxygen atoms in total. The van der Waals surface area contributed by atoms with Gasteiger partial charge in [0.25, 0.3) is 0 Å². The molecule has 2 aromatic carbocycles. The summed E-state index contributed by atoms with van der Waals surface area (Å²) in [5.74, 6) is 1.99. The normalized spacial score (nSPS) is 15.8. The average molecular weight is 327 g/mol. The minimum atomic E-state index is 0.246. The lowest BCUT2D eigenvalue weighted by atomic mass is 10.0. The van der Waals surface area contributed by atoms with Gasteiger partial charge in [-0.3, -0.25) is 0 Å². The number of phenols is 1. The number of ether oxygens (including phenoxy) is 2. The predicted molar refractivity (Wildman–Crippen MR) is 94.9 cm³/mol. The molecule has 24 heavy (non-hydrogen) atoms. The highest BCUT2D eigenvalue weighted by atomic mass is 16.6. The van der Waals surface area contributed by atoms with Crippen LogP contribution < -0.4 is 14.8 Å². The minimum Gasteiger partial charge on any atom is -0.508 e. The molecule has 1 heterocycles. The lowest BCUT2D eigenvalue weighted by molar-refractivity contribution is 0.171. The molecule has 2 atom stereocenters. The molecule has 0 spiro atoms. The molecule has 0 aromatic heterocycles. The van der Waals surface area contributed by atoms with Gasteiger partial charge in [-0.2, -0.15) is 0 Å². The van der Waals surface area contributed by atoms with Crippen molar-refractivity contribution < 1.29 is 14.6 Å². The van der Waals surface area contributed by atoms with E-state index in [2.05, 4.69) is 31.3 Å². The van der Waals surface area contributed by atoms with Crippen LogP contribution in [0.15, 0.2) is 42.5 Å². The zero-order chi connectivity index (χ0) is 16.9. The van der Waals surface area contributed by atoms with Crippen LogP contribution in [0.3, 0.4) is 0 Å². The molecule has 0 fully saturated rings. The Morgan fingerprint density at radius 3 is 2.46 bits per heavy atom. The van der Waals surface area contributed by atoms with Gasteiger partial charge in [0.15, 0.2) is 11.5 Å². The van der Waals surface area contributed by atoms with E-state index in [0.717, 1.165) is 24.3 Å². The SMILES string of the molecule is CC(CCc1ccc(O)cc1)NC(C)c1ccc2c(c1)OCCO2. The largest absolute Gasteiger partial charge is 0.508 e. The molecule has 0 amide bonds. The summed E-state index contributed by atoms with van der Waals surface area (Å²) in [6, 6.07) is 14.2. The Kier molecular flexibility index (Phi) is 5.26. The van der Waals surface area contributed by atoms with Crippen molar-refractivity contribution in [2.75, 3.05) is 13.2 Å². The summed E-state index contributed by atoms with van der Waals surface area (Å²) in [5.41, 5.74) is 2.45. The van der Waals surface area contributed by atoms with E-state index in [4.69, 9.17) is 9.47 Å². The summed E-state index contributed by atoms with van der Waals surface area (Å²) < 4.78 is 11.2. The van der Waals surface area contributed by atoms with Crippen LogP contribution >= 0.6 is 0 Å². The smallest absolute Gasteiger partial charge is 0.161 e. The van der Waals surface area contributed by atoms with Crippen LogP contribution in [0.5, 0.6) is 17.2 Å². The van der Waals surface area contributed by atoms with Crippen LogP contribution in [0.1, 0.15) is 37.4 Å². The molecule has 2 aromatic rings. The van der Waals surface area contributed by atoms with Crippen molar-refractivity contribution >= 4 is 0 Å². The first-order chi connectivity index (χ1) is 11.6. The van der Waals surface area contributed by atoms with Crippen LogP contribution in [-0.2, 0) is 6.42 Å². The van der Waals surface area contributed by atoms with E-state index < -0.39 is 0 Å². The number of rotatable bonds is 6. The lowest BCUT2D eigenvalue weighted by Gasteiger charge is -2.23. The summed E-state index contributed by atoms with van der Waals surface area (Å²) in [6.45, 7) is 5.60. The first kappa shape index (κ1) is 16.7. The molecule has 0 saturated heterocycles. The van der Waals surface area contributed by atoms with Crippen LogP contribution in [0.25, 0.3) is 0 Å². The van der Waals surface area contributed by atoms with Crippen LogP contribution in [0.4, 0.5) is 0 Å². The summed E-state index contributed by atoms with van der Waals surface area (Å²) >= 11 is 0. The van der Waals surface area contributed by atoms with E-state index in [1.54, 1.807) is 12.1 Å². The van der Waals surface area contributed by atoms with Gasteiger partial charge in [-0.05, 0) is 62.1 Å². The van der Waals surface area contributed by atoms with Gasteiger partial charge in [0, 0.05) is 12.1 Å². The molecular weight excluding hydrogens is 302 g/mol. The fourth-order valence-corrected chi connectivity index (χ4v) is 2.98. The highest BCUT2D eigenvalue weighted by Gasteiger charge is 2.15. The summed E-state index contributed by atoms with van der Waals surface area (Å²) in [5, 5.41) is 13.0. The molecule has 2 N–H and O–H groups in total. The summed E-state index contributed by atoms with van der Waals surface area (Å²) in [6.07, 6.45) is 2.03. The van der Waals surface area contributed by atoms with Crippen molar-refractivity contribution in [3.8, 4) is 17.2 Å². The number of fused-ring (bicyclic) bond motifs is 1. The molecule has 128 valence electrons. The monoisotopic (exact) mass is 327 g/mol. The average Bonchev–Trinajstić information content (AvgIpc) is 2.61. The molecule has 2 unspecified atom stereocenters. The maximum Gasteiger partial charge on any atom is 0.161 e. The van der Waals surface area contributed by atoms with E-state index in [0.29, 0.717) is 25.0 Å². The van der Waals surface area contributed by atoms with Crippen molar-refractivity contribution in [1.29, 1.82) is 0 Å². The lowest BCUT2D eigenvalue weighted by Crippen LogP contribution is -2.29. The molecule has 4 heteroatoms. The maximum atomic E-state index is 9.33. The second-order valence-electron chi connectivity index (χ2n) is 6.40. The Bertz CT molecular complexity index is 669. The third kappa shape index (κ3) is 4.20. The van der Waals surface area contributed by atoms with E-state index in [9.17, 15) is 5.11 Å². The van der Waals surface area contributed by atoms with Gasteiger partial charge >= 0.3 is 0 Å². The number of hydrogen-bond acceptors (Lipinski definition) is 4. The predicted octanol–water partition coefficient (Wildman–Crippen LogP) is 3.84. The minimum absolute atomic E-state index is 0.246. The first-order valence-corrected chi connectivity index (χ1v) is 8.55. The van der Waals surface area contributed by atoms with E-state index in [1.807, 2.05) is 18.2 Å². The van der Waals surface area contributed by atoms with Crippen LogP contribution in [-0.4, -0.2) is 24.4 Å². The van der Waals surface area contributed by atoms with Gasteiger partial charge < -0.3 is 19.9 Å². The first-order valence-electron chi connectivity index (χ1n) is 8.55. The van der Waals surface area contributed by atoms with Gasteiger partial charge in [-0.1, -0.05) is 18.2 Å². The van der Waals surface area contributed by atoms with Crippen molar-refractivity contribution in [3.05, 3.63) is 53.6 Å². The molecule has 3 rings (SSSR count). The van der Waals surface area contributed by atoms with Crippen molar-refractivity contribution in [1.82, 2.24) is 5.32 Å². The molecular formula is C20H25NO3. The van der Waals surface area contributed by atoms with Crippen molar-refractivity contribution in [3.63, 3.8) is 0 Å². The number of hydrogen-bond donors (Lipinski definition) is 2. The number of phenolic OH excluding ortho intramolecular Hbond substituents is 1. The second kappa shape index (κ2) is 7.58. The molecule has 0 saturated carbocycles. The number of aryl methyl sites for hydroxylation is 1. The Morgan fingerprint density at radius 1 is 1.00 bits per heavy atom. The third-order valence-electron chi connectivity index (χ3n) is 4.40. The van der Waals surface area contributed by atoms with Gasteiger partial charge in [0.1, 0.15) is 19.0 Å². The van der Waals surface area contributed by atoms with Crippen LogP contribution in [0, 0.1) is 0 Å². The number of benzene rings is 2. The van der Waals surface area contributed by atoms with Gasteiger partial charge in [-0.15, -0.1) is 0 Å². The quantitative estimate of drug-likeness (QED) is 0.846. The van der Waals surface area contributed by atoms with Gasteiger partial charge in [0.05, 0.1) is 0 Å². The van der Waals surface area contributed by atoms with Gasteiger partial charge in [0.2, 0.25) is 0 Å². The Morgan fingerprint density at radius 2 is 1.71 bits per heavy atom. The summed E-state index contributed by atoms with van der Waals surface area (Å²) in [7, 11) is 0. The van der Waals surface area contributed by atoms with Crippen molar-refractivity contribution in [2.45, 2.75) is 38.8 Å². The highest BCUT2D eigenvalue weighted by molar-refractivity contribution is 5.44. The zero-order valence-electron chi connectivity index (χ0n) is 14.3. The molecule has 0 radical (unpaired) electrons. The van der Waals surface area contributed by atoms with Crippen LogP contribution in [0.2, 0.25) is 0 Å². The van der Waals surface area contributed by atoms with Gasteiger partial charge in [-0.25, -0.2) is 0 Å². The Hall–Kier alpha value is -2.20. The van der Waals surface area contributed by atoms with E-state index in [1.165, 1.54) is 11.1 Å². The zero-order valence-corrected chi connectivity index (χ0v) is 14.3. The second-order valence-corrected chi connectivity index (χ2v) is 6.40. The number of aromatic hydroxyl groups is 1. The van der Waals surface area contributed by atoms with Crippen molar-refractivity contribution in [2.24, 2.45) is 0 Å². The number of nitrogens with one attached hydrogen (secondary N) is 1. The fourth-order valence-electron chi connectivity index (χ4n) is 2.98. The molecule has 0 aliphatic carbocycles. The molecule has 0 bridgehead atoms. The fraction of sp³-hybridized carbons (Fsp3) is 0.400. The molecule has 1 aliphatic heterocycles. The summed E-state index contributed by atoms with van der Waals surface area (Å²) in [4.78, 5) is 0. The molecule has 1 aliphatic rings. The standard InChI is InChI=1S/C20H25NO3/c1-14(3-4-16-5-8-18(22)9-6-16)21-15(2)17-7-10-19-20(13-17)24-12-11-23-19/h5-10,13-15,21-22H,3-4,11-12H2,1-2H3. The van der Waals surface area contributed by atoms with E-state index in [-0.39, 0.29) is 6.04 Å². The van der Waals surface area contributed by atoms with E-state index >= 15 is 0 Å². The maximum absolute atomic E-state index is 9.33. The highest BCUT2D eigenvalue weighted by Crippen LogP contribution is 2.32. The third-order valence-corrected chi connectivity index (χ3v) is 4.40.